The second kappa shape index (κ2) is 14.0. The Balaban J connectivity index is 1.52. The van der Waals surface area contributed by atoms with E-state index in [1.165, 1.54) is 12.1 Å². The van der Waals surface area contributed by atoms with Gasteiger partial charge in [0.2, 0.25) is 5.91 Å². The van der Waals surface area contributed by atoms with Crippen molar-refractivity contribution in [3.05, 3.63) is 106 Å². The average Bonchev–Trinajstić information content (AvgIpc) is 3.01. The molecule has 43 heavy (non-hydrogen) atoms. The molecule has 8 nitrogen and oxygen atoms in total. The van der Waals surface area contributed by atoms with Crippen LogP contribution in [-0.4, -0.2) is 62.0 Å². The molecular weight excluding hydrogens is 551 g/mol. The van der Waals surface area contributed by atoms with Crippen LogP contribution in [0.2, 0.25) is 0 Å². The van der Waals surface area contributed by atoms with Crippen molar-refractivity contribution in [3.8, 4) is 11.5 Å². The van der Waals surface area contributed by atoms with Crippen molar-refractivity contribution in [1.29, 1.82) is 0 Å². The first kappa shape index (κ1) is 31.3. The van der Waals surface area contributed by atoms with Crippen LogP contribution in [0.5, 0.6) is 11.5 Å². The molecule has 0 bridgehead atoms. The predicted molar refractivity (Wildman–Crippen MR) is 160 cm³/mol. The molecule has 4 rings (SSSR count). The molecule has 0 spiro atoms. The first-order chi connectivity index (χ1) is 20.7. The number of methoxy groups -OCH3 is 2. The molecule has 0 radical (unpaired) electrons. The van der Waals surface area contributed by atoms with E-state index < -0.39 is 17.7 Å². The molecule has 1 unspecified atom stereocenters. The lowest BCUT2D eigenvalue weighted by Gasteiger charge is -2.34. The molecule has 1 heterocycles. The Morgan fingerprint density at radius 2 is 1.70 bits per heavy atom. The Hall–Kier alpha value is -4.66. The summed E-state index contributed by atoms with van der Waals surface area (Å²) in [6, 6.07) is 18.6. The number of esters is 1. The molecule has 0 saturated heterocycles. The van der Waals surface area contributed by atoms with Gasteiger partial charge in [-0.2, -0.15) is 0 Å². The number of ether oxygens (including phenoxy) is 3. The van der Waals surface area contributed by atoms with Gasteiger partial charge in [0.05, 0.1) is 32.9 Å². The Morgan fingerprint density at radius 3 is 2.37 bits per heavy atom. The summed E-state index contributed by atoms with van der Waals surface area (Å²) >= 11 is 0. The molecule has 2 amide bonds. The van der Waals surface area contributed by atoms with Crippen molar-refractivity contribution in [3.63, 3.8) is 0 Å². The van der Waals surface area contributed by atoms with Gasteiger partial charge in [-0.25, -0.2) is 9.18 Å². The summed E-state index contributed by atoms with van der Waals surface area (Å²) in [5.41, 5.74) is 3.76. The van der Waals surface area contributed by atoms with Gasteiger partial charge in [0, 0.05) is 37.2 Å². The summed E-state index contributed by atoms with van der Waals surface area (Å²) in [4.78, 5) is 43.0. The number of amides is 2. The Labute approximate surface area is 251 Å². The smallest absolute Gasteiger partial charge is 0.336 e. The number of carbonyl (C=O) groups is 3. The van der Waals surface area contributed by atoms with Crippen molar-refractivity contribution >= 4 is 17.8 Å². The van der Waals surface area contributed by atoms with Gasteiger partial charge in [0.1, 0.15) is 5.82 Å². The van der Waals surface area contributed by atoms with Crippen LogP contribution < -0.4 is 9.47 Å². The van der Waals surface area contributed by atoms with Crippen LogP contribution in [0.25, 0.3) is 0 Å². The fourth-order valence-electron chi connectivity index (χ4n) is 5.30. The maximum Gasteiger partial charge on any atom is 0.336 e. The molecule has 0 fully saturated rings. The highest BCUT2D eigenvalue weighted by atomic mass is 19.1. The predicted octanol–water partition coefficient (Wildman–Crippen LogP) is 5.51. The zero-order valence-corrected chi connectivity index (χ0v) is 25.2. The minimum atomic E-state index is -0.546. The summed E-state index contributed by atoms with van der Waals surface area (Å²) in [5, 5.41) is 0. The van der Waals surface area contributed by atoms with Gasteiger partial charge < -0.3 is 24.0 Å². The third kappa shape index (κ3) is 7.23. The maximum absolute atomic E-state index is 13.6. The van der Waals surface area contributed by atoms with Crippen LogP contribution in [0.4, 0.5) is 4.39 Å². The van der Waals surface area contributed by atoms with E-state index in [4.69, 9.17) is 14.2 Å². The molecule has 1 atom stereocenters. The molecular formula is C34H37FN2O6. The molecule has 226 valence electrons. The molecule has 0 saturated carbocycles. The molecule has 0 aromatic heterocycles. The van der Waals surface area contributed by atoms with Gasteiger partial charge in [-0.05, 0) is 73.4 Å². The monoisotopic (exact) mass is 588 g/mol. The standard InChI is InChI=1S/C34H37FN2O6/c1-6-43-34(40)32-22(2)37(31(38)20-28(32)25-11-13-27(35)14-12-25)21-24-8-7-9-26(18-24)33(39)36(3)17-16-23-10-15-29(41-4)30(19-23)42-5/h7-15,18-19,28H,6,16-17,20-21H2,1-5H3. The first-order valence-corrected chi connectivity index (χ1v) is 14.2. The summed E-state index contributed by atoms with van der Waals surface area (Å²) < 4.78 is 29.6. The van der Waals surface area contributed by atoms with Gasteiger partial charge in [-0.1, -0.05) is 30.3 Å². The van der Waals surface area contributed by atoms with E-state index in [9.17, 15) is 18.8 Å². The first-order valence-electron chi connectivity index (χ1n) is 14.2. The number of carbonyl (C=O) groups excluding carboxylic acids is 3. The number of allylic oxidation sites excluding steroid dienone is 1. The SMILES string of the molecule is CCOC(=O)C1=C(C)N(Cc2cccc(C(=O)N(C)CCc3ccc(OC)c(OC)c3)c2)C(=O)CC1c1ccc(F)cc1. The van der Waals surface area contributed by atoms with Crippen molar-refractivity contribution in [2.75, 3.05) is 34.4 Å². The van der Waals surface area contributed by atoms with Gasteiger partial charge in [-0.3, -0.25) is 9.59 Å². The number of hydrogen-bond acceptors (Lipinski definition) is 6. The minimum absolute atomic E-state index is 0.0363. The lowest BCUT2D eigenvalue weighted by Crippen LogP contribution is -2.38. The molecule has 9 heteroatoms. The number of rotatable bonds is 11. The van der Waals surface area contributed by atoms with Crippen molar-refractivity contribution in [2.24, 2.45) is 0 Å². The molecule has 0 aliphatic carbocycles. The Kier molecular flexibility index (Phi) is 10.2. The zero-order valence-electron chi connectivity index (χ0n) is 25.2. The number of benzene rings is 3. The van der Waals surface area contributed by atoms with Gasteiger partial charge in [0.15, 0.2) is 11.5 Å². The molecule has 0 N–H and O–H groups in total. The molecule has 1 aliphatic heterocycles. The topological polar surface area (TPSA) is 85.4 Å². The largest absolute Gasteiger partial charge is 0.493 e. The molecule has 1 aliphatic rings. The quantitative estimate of drug-likeness (QED) is 0.275. The van der Waals surface area contributed by atoms with E-state index in [2.05, 4.69) is 0 Å². The summed E-state index contributed by atoms with van der Waals surface area (Å²) in [6.45, 7) is 4.29. The van der Waals surface area contributed by atoms with Crippen molar-refractivity contribution in [1.82, 2.24) is 9.80 Å². The van der Waals surface area contributed by atoms with Crippen molar-refractivity contribution < 1.29 is 33.0 Å². The van der Waals surface area contributed by atoms with E-state index in [-0.39, 0.29) is 31.4 Å². The summed E-state index contributed by atoms with van der Waals surface area (Å²) in [7, 11) is 4.92. The fraction of sp³-hybridized carbons (Fsp3) is 0.324. The normalized spacial score (nSPS) is 14.9. The van der Waals surface area contributed by atoms with Crippen LogP contribution in [0, 0.1) is 5.82 Å². The van der Waals surface area contributed by atoms with Crippen LogP contribution >= 0.6 is 0 Å². The number of halogens is 1. The van der Waals surface area contributed by atoms with Crippen LogP contribution in [0.3, 0.4) is 0 Å². The van der Waals surface area contributed by atoms with Crippen LogP contribution in [0.15, 0.2) is 78.0 Å². The van der Waals surface area contributed by atoms with Gasteiger partial charge in [0.25, 0.3) is 5.91 Å². The van der Waals surface area contributed by atoms with E-state index in [0.29, 0.717) is 46.9 Å². The average molecular weight is 589 g/mol. The Bertz CT molecular complexity index is 1520. The highest BCUT2D eigenvalue weighted by molar-refractivity contribution is 5.96. The third-order valence-electron chi connectivity index (χ3n) is 7.64. The van der Waals surface area contributed by atoms with Crippen LogP contribution in [0.1, 0.15) is 53.2 Å². The van der Waals surface area contributed by atoms with Gasteiger partial charge >= 0.3 is 5.97 Å². The molecule has 3 aromatic rings. The summed E-state index contributed by atoms with van der Waals surface area (Å²) in [5.74, 6) is -0.500. The highest BCUT2D eigenvalue weighted by Crippen LogP contribution is 2.38. The van der Waals surface area contributed by atoms with Crippen molar-refractivity contribution in [2.45, 2.75) is 39.2 Å². The zero-order chi connectivity index (χ0) is 31.1. The Morgan fingerprint density at radius 1 is 0.977 bits per heavy atom. The van der Waals surface area contributed by atoms with Gasteiger partial charge in [-0.15, -0.1) is 0 Å². The highest BCUT2D eigenvalue weighted by Gasteiger charge is 2.37. The number of likely N-dealkylation sites (N-methyl/N-ethyl adjacent to an activating group) is 1. The second-order valence-electron chi connectivity index (χ2n) is 10.4. The van der Waals surface area contributed by atoms with E-state index in [1.807, 2.05) is 24.3 Å². The van der Waals surface area contributed by atoms with E-state index in [1.54, 1.807) is 75.2 Å². The molecule has 3 aromatic carbocycles. The number of nitrogens with zero attached hydrogens (tertiary/aromatic N) is 2. The second-order valence-corrected chi connectivity index (χ2v) is 10.4. The maximum atomic E-state index is 13.6. The van der Waals surface area contributed by atoms with E-state index >= 15 is 0 Å². The summed E-state index contributed by atoms with van der Waals surface area (Å²) in [6.07, 6.45) is 0.662. The third-order valence-corrected chi connectivity index (χ3v) is 7.64. The fourth-order valence-corrected chi connectivity index (χ4v) is 5.30. The lowest BCUT2D eigenvalue weighted by molar-refractivity contribution is -0.140. The number of hydrogen-bond donors (Lipinski definition) is 0. The van der Waals surface area contributed by atoms with E-state index in [0.717, 1.165) is 11.1 Å². The van der Waals surface area contributed by atoms with Crippen LogP contribution in [-0.2, 0) is 27.3 Å². The minimum Gasteiger partial charge on any atom is -0.493 e. The lowest BCUT2D eigenvalue weighted by atomic mass is 9.83.